The molecule has 0 aromatic heterocycles. The second-order valence-electron chi connectivity index (χ2n) is 18.4. The molecule has 0 spiro atoms. The van der Waals surface area contributed by atoms with Crippen LogP contribution in [0.1, 0.15) is 74.7 Å². The number of nitrogens with zero attached hydrogens (tertiary/aromatic N) is 4. The first-order chi connectivity index (χ1) is 44.2. The Hall–Kier alpha value is -8.61. The molecule has 17 nitrogen and oxygen atoms in total. The number of nitrogen functional groups attached to an aromatic ring is 2. The zero-order valence-electron chi connectivity index (χ0n) is 52.0. The Bertz CT molecular complexity index is 3840. The summed E-state index contributed by atoms with van der Waals surface area (Å²) in [6, 6.07) is 59.5. The number of nitrogens with two attached hydrogens (primary N) is 3. The molecule has 97 heavy (non-hydrogen) atoms. The number of hydrogen-bond acceptors (Lipinski definition) is 16. The standard InChI is InChI=1S/C14H10FNO.C14H14N2O2.C14H12N2O.C8H5BrFNO.C7H2BrF2N.C6H7BO2.C4H8O.C2H6O.3CH4.K.H2O/c1-17-14-8-11(7-13(15)12(14)9-16)10-5-3-2-4-6-10;1-18-12-8-10(9-5-3-2-4-6-9)7-11(15)13(12)14(16)17;1-17-14-8-11(7-13(16)12(14)9-15)10-5-3-2-4-6-10;1-12-8-3-5(9)2-7(10)6(8)4-11;8-4-1-6(9)5(3-11)7(10)2-4;8-7(9)6-4-2-1-3-5-6;1-2-4-5-3-1;1-2-3;;;;;/h2-8H,1H3;2-8H,15H2,1H3,(H2,16,17);2-8H,16H2,1H3;2-3H,1H3;1-2H;1-5,8-9H;1-4H2;3H,2H2,1H3;3*1H4;;1H2/q;;;;;;;;;;;+1;/p-1. The van der Waals surface area contributed by atoms with Crippen molar-refractivity contribution >= 4 is 61.7 Å². The topological polar surface area (TPSA) is 327 Å². The predicted molar refractivity (Wildman–Crippen MR) is 377 cm³/mol. The van der Waals surface area contributed by atoms with Crippen LogP contribution in [0, 0.1) is 68.6 Å². The molecule has 1 heterocycles. The number of hydrogen-bond donors (Lipinski definition) is 6. The van der Waals surface area contributed by atoms with Crippen molar-refractivity contribution in [1.29, 1.82) is 21.0 Å². The van der Waals surface area contributed by atoms with Crippen molar-refractivity contribution in [2.75, 3.05) is 59.7 Å². The number of aliphatic hydroxyl groups excluding tert-OH is 1. The number of primary amides is 1. The Morgan fingerprint density at radius 3 is 1.11 bits per heavy atom. The van der Waals surface area contributed by atoms with Crippen LogP contribution >= 0.6 is 31.9 Å². The molecule has 1 saturated heterocycles. The predicted octanol–water partition coefficient (Wildman–Crippen LogP) is 12.2. The van der Waals surface area contributed by atoms with Crippen LogP contribution in [0.15, 0.2) is 191 Å². The van der Waals surface area contributed by atoms with Gasteiger partial charge in [0.25, 0.3) is 5.91 Å². The van der Waals surface area contributed by atoms with E-state index in [9.17, 15) is 22.4 Å². The summed E-state index contributed by atoms with van der Waals surface area (Å²) in [6.45, 7) is 3.93. The minimum absolute atomic E-state index is 0. The number of benzene rings is 9. The average Bonchev–Trinajstić information content (AvgIpc) is 0.880. The van der Waals surface area contributed by atoms with E-state index in [1.54, 1.807) is 73.7 Å². The molecule has 9 aromatic rings. The van der Waals surface area contributed by atoms with Crippen molar-refractivity contribution < 1.29 is 118 Å². The van der Waals surface area contributed by atoms with Crippen molar-refractivity contribution in [1.82, 2.24) is 0 Å². The Labute approximate surface area is 625 Å². The first-order valence-corrected chi connectivity index (χ1v) is 29.0. The van der Waals surface area contributed by atoms with Crippen LogP contribution in [-0.4, -0.2) is 81.9 Å². The fraction of sp³-hybridized carbons (Fsp3) is 0.181. The van der Waals surface area contributed by atoms with Gasteiger partial charge in [0, 0.05) is 34.5 Å². The fourth-order valence-corrected chi connectivity index (χ4v) is 8.64. The van der Waals surface area contributed by atoms with Gasteiger partial charge >= 0.3 is 58.5 Å². The van der Waals surface area contributed by atoms with E-state index in [4.69, 9.17) is 77.1 Å². The van der Waals surface area contributed by atoms with Crippen LogP contribution in [0.2, 0.25) is 0 Å². The zero-order valence-corrected chi connectivity index (χ0v) is 58.3. The Morgan fingerprint density at radius 1 is 0.495 bits per heavy atom. The van der Waals surface area contributed by atoms with E-state index in [1.807, 2.05) is 109 Å². The van der Waals surface area contributed by atoms with E-state index in [0.29, 0.717) is 43.9 Å². The summed E-state index contributed by atoms with van der Waals surface area (Å²) in [4.78, 5) is 11.3. The summed E-state index contributed by atoms with van der Waals surface area (Å²) in [5, 5.41) is 59.3. The van der Waals surface area contributed by atoms with E-state index in [-0.39, 0.29) is 118 Å². The molecule has 10 N–H and O–H groups in total. The minimum atomic E-state index is -1.34. The van der Waals surface area contributed by atoms with Crippen molar-refractivity contribution in [3.05, 3.63) is 242 Å². The molecule has 1 aliphatic rings. The van der Waals surface area contributed by atoms with E-state index in [2.05, 4.69) is 31.9 Å². The summed E-state index contributed by atoms with van der Waals surface area (Å²) in [6.07, 6.45) is 2.56. The molecule has 0 saturated carbocycles. The third kappa shape index (κ3) is 30.6. The molecule has 506 valence electrons. The molecular weight excluding hydrogens is 1410 g/mol. The molecule has 0 aliphatic carbocycles. The van der Waals surface area contributed by atoms with Gasteiger partial charge in [0.15, 0.2) is 0 Å². The van der Waals surface area contributed by atoms with Gasteiger partial charge in [-0.2, -0.15) is 21.0 Å². The van der Waals surface area contributed by atoms with E-state index in [1.165, 1.54) is 59.5 Å². The molecule has 10 rings (SSSR count). The molecular formula is C72H77BBr2F4KN7O10. The summed E-state index contributed by atoms with van der Waals surface area (Å²) in [5.41, 5.74) is 23.6. The van der Waals surface area contributed by atoms with Crippen molar-refractivity contribution in [3.63, 3.8) is 0 Å². The van der Waals surface area contributed by atoms with Crippen molar-refractivity contribution in [2.24, 2.45) is 5.73 Å². The molecule has 0 unspecified atom stereocenters. The van der Waals surface area contributed by atoms with E-state index in [0.717, 1.165) is 53.2 Å². The molecule has 25 heteroatoms. The molecule has 0 bridgehead atoms. The zero-order chi connectivity index (χ0) is 68.1. The molecule has 0 atom stereocenters. The largest absolute Gasteiger partial charge is 1.00 e. The third-order valence-electron chi connectivity index (χ3n) is 12.2. The quantitative estimate of drug-likeness (QED) is 0.0444. The van der Waals surface area contributed by atoms with Crippen LogP contribution in [0.25, 0.3) is 33.4 Å². The second kappa shape index (κ2) is 50.7. The van der Waals surface area contributed by atoms with Crippen LogP contribution in [0.5, 0.6) is 23.0 Å². The van der Waals surface area contributed by atoms with Gasteiger partial charge in [-0.25, -0.2) is 17.6 Å². The molecule has 1 fully saturated rings. The number of amides is 1. The van der Waals surface area contributed by atoms with Gasteiger partial charge in [0.2, 0.25) is 0 Å². The molecule has 1 amide bonds. The van der Waals surface area contributed by atoms with Gasteiger partial charge in [0.05, 0.1) is 34.1 Å². The number of aliphatic hydroxyl groups is 1. The first-order valence-electron chi connectivity index (χ1n) is 27.4. The first kappa shape index (κ1) is 92.6. The number of carbonyl (C=O) groups is 1. The van der Waals surface area contributed by atoms with Gasteiger partial charge in [-0.05, 0) is 119 Å². The minimum Gasteiger partial charge on any atom is -0.870 e. The van der Waals surface area contributed by atoms with Crippen LogP contribution in [0.4, 0.5) is 28.9 Å². The van der Waals surface area contributed by atoms with Gasteiger partial charge in [-0.3, -0.25) is 4.79 Å². The maximum absolute atomic E-state index is 13.7. The second-order valence-corrected chi connectivity index (χ2v) is 20.2. The van der Waals surface area contributed by atoms with Crippen LogP contribution in [-0.2, 0) is 4.74 Å². The summed E-state index contributed by atoms with van der Waals surface area (Å²) in [7, 11) is 4.48. The molecule has 0 radical (unpaired) electrons. The average molecular weight is 1490 g/mol. The summed E-state index contributed by atoms with van der Waals surface area (Å²) < 4.78 is 77.8. The van der Waals surface area contributed by atoms with Gasteiger partial charge < -0.3 is 61.5 Å². The van der Waals surface area contributed by atoms with E-state index >= 15 is 0 Å². The number of methoxy groups -OCH3 is 4. The van der Waals surface area contributed by atoms with Crippen molar-refractivity contribution in [2.45, 2.75) is 42.0 Å². The number of nitriles is 4. The maximum Gasteiger partial charge on any atom is 1.00 e. The Kier molecular flexibility index (Phi) is 48.4. The van der Waals surface area contributed by atoms with Gasteiger partial charge in [-0.15, -0.1) is 0 Å². The van der Waals surface area contributed by atoms with Crippen LogP contribution < -0.4 is 93.0 Å². The third-order valence-corrected chi connectivity index (χ3v) is 13.1. The molecule has 1 aliphatic heterocycles. The monoisotopic (exact) mass is 1480 g/mol. The molecule has 9 aromatic carbocycles. The van der Waals surface area contributed by atoms with Crippen LogP contribution in [0.3, 0.4) is 0 Å². The van der Waals surface area contributed by atoms with Gasteiger partial charge in [0.1, 0.15) is 98.4 Å². The summed E-state index contributed by atoms with van der Waals surface area (Å²) >= 11 is 5.97. The summed E-state index contributed by atoms with van der Waals surface area (Å²) in [5.74, 6) is -2.04. The fourth-order valence-electron chi connectivity index (χ4n) is 7.83. The smallest absolute Gasteiger partial charge is 0.870 e. The number of carbonyl (C=O) groups excluding carboxylic acids is 1. The Balaban J connectivity index is -0.00000107. The Morgan fingerprint density at radius 2 is 0.794 bits per heavy atom. The number of rotatable bonds is 9. The van der Waals surface area contributed by atoms with Crippen molar-refractivity contribution in [3.8, 4) is 80.7 Å². The maximum atomic E-state index is 13.7. The SMILES string of the molecule is C.C.C.C1CCOC1.CCO.COc1cc(-c2ccccc2)cc(F)c1C#N.COc1cc(-c2ccccc2)cc(N)c1C#N.COc1cc(-c2ccccc2)cc(N)c1C(N)=O.COc1cc(Br)cc(F)c1C#N.N#Cc1c(F)cc(Br)cc1F.OB(O)c1ccccc1.[K+].[OH-]. The van der Waals surface area contributed by atoms with Gasteiger partial charge in [-0.1, -0.05) is 175 Å². The number of ether oxygens (including phenoxy) is 5. The normalized spacial score (nSPS) is 9.71. The number of anilines is 2. The van der Waals surface area contributed by atoms with E-state index < -0.39 is 41.9 Å². The number of halogens is 6.